The van der Waals surface area contributed by atoms with Gasteiger partial charge in [0.25, 0.3) is 0 Å². The normalized spacial score (nSPS) is 16.4. The van der Waals surface area contributed by atoms with Crippen molar-refractivity contribution in [2.45, 2.75) is 142 Å². The lowest BCUT2D eigenvalue weighted by Crippen LogP contribution is -2.26. The van der Waals surface area contributed by atoms with Crippen molar-refractivity contribution < 1.29 is 9.59 Å². The fraction of sp³-hybridized carbons (Fsp3) is 0.778. The van der Waals surface area contributed by atoms with Crippen LogP contribution in [0.1, 0.15) is 142 Å². The Hall–Kier alpha value is 0.960. The number of carbonyl (C=O) groups is 2. The smallest absolute Gasteiger partial charge is 0.230 e. The molecular weight excluding hydrogens is 749 g/mol. The van der Waals surface area contributed by atoms with Crippen LogP contribution in [0, 0.1) is 0 Å². The van der Waals surface area contributed by atoms with E-state index in [-0.39, 0.29) is 11.8 Å². The zero-order valence-electron chi connectivity index (χ0n) is 30.1. The Balaban J connectivity index is 1.61. The first-order chi connectivity index (χ1) is 23.5. The van der Waals surface area contributed by atoms with Gasteiger partial charge in [0.1, 0.15) is 0 Å². The molecule has 2 aliphatic heterocycles. The van der Waals surface area contributed by atoms with Crippen LogP contribution < -0.4 is 10.6 Å². The standard InChI is InChI=1S/C36H62N2O2S8/c1-5-7-9-11-13-15-17-19-21-23-25-37-29(39)27-43-33-31(41-3)45-35(47-33)36-46-32(42-4)34(48-36)44-28-30(40)38-26-24-22-20-18-16-14-12-10-8-6-2/h5-28H2,1-4H3,(H,37,39)(H,38,40)/b36-35-. The number of nitrogens with one attached hydrogen (secondary N) is 2. The van der Waals surface area contributed by atoms with Gasteiger partial charge in [0, 0.05) is 13.1 Å². The second kappa shape index (κ2) is 30.4. The second-order valence-electron chi connectivity index (χ2n) is 12.2. The third-order valence-corrected chi connectivity index (χ3v) is 19.3. The molecule has 2 rings (SSSR count). The van der Waals surface area contributed by atoms with E-state index in [1.165, 1.54) is 141 Å². The summed E-state index contributed by atoms with van der Waals surface area (Å²) in [6, 6.07) is 0. The summed E-state index contributed by atoms with van der Waals surface area (Å²) in [7, 11) is 0. The highest BCUT2D eigenvalue weighted by Gasteiger charge is 2.30. The Morgan fingerprint density at radius 1 is 0.458 bits per heavy atom. The molecule has 0 saturated heterocycles. The lowest BCUT2D eigenvalue weighted by molar-refractivity contribution is -0.119. The first kappa shape index (κ1) is 45.1. The van der Waals surface area contributed by atoms with E-state index >= 15 is 0 Å². The summed E-state index contributed by atoms with van der Waals surface area (Å²) >= 11 is 14.2. The van der Waals surface area contributed by atoms with Gasteiger partial charge in [-0.3, -0.25) is 9.59 Å². The minimum atomic E-state index is 0.136. The summed E-state index contributed by atoms with van der Waals surface area (Å²) < 4.78 is 7.65. The van der Waals surface area contributed by atoms with Gasteiger partial charge in [-0.1, -0.05) is 176 Å². The van der Waals surface area contributed by atoms with Crippen LogP contribution in [0.4, 0.5) is 0 Å². The molecule has 0 aliphatic carbocycles. The highest BCUT2D eigenvalue weighted by molar-refractivity contribution is 8.45. The van der Waals surface area contributed by atoms with Crippen molar-refractivity contribution in [3.63, 3.8) is 0 Å². The molecule has 276 valence electrons. The third-order valence-electron chi connectivity index (χ3n) is 7.99. The summed E-state index contributed by atoms with van der Waals surface area (Å²) in [4.78, 5) is 25.2. The molecule has 0 bridgehead atoms. The average molecular weight is 811 g/mol. The van der Waals surface area contributed by atoms with Gasteiger partial charge < -0.3 is 10.6 Å². The molecule has 2 aliphatic rings. The summed E-state index contributed by atoms with van der Waals surface area (Å²) in [5, 5.41) is 6.27. The molecule has 0 aromatic carbocycles. The molecule has 12 heteroatoms. The average Bonchev–Trinajstić information content (AvgIpc) is 3.71. The predicted molar refractivity (Wildman–Crippen MR) is 233 cm³/mol. The molecule has 0 fully saturated rings. The highest BCUT2D eigenvalue weighted by Crippen LogP contribution is 2.65. The molecule has 48 heavy (non-hydrogen) atoms. The Kier molecular flexibility index (Phi) is 28.6. The molecule has 0 spiro atoms. The van der Waals surface area contributed by atoms with E-state index in [2.05, 4.69) is 37.0 Å². The molecule has 2 N–H and O–H groups in total. The number of hydrogen-bond acceptors (Lipinski definition) is 10. The van der Waals surface area contributed by atoms with Crippen molar-refractivity contribution in [2.24, 2.45) is 0 Å². The maximum absolute atomic E-state index is 12.6. The van der Waals surface area contributed by atoms with Crippen molar-refractivity contribution >= 4 is 106 Å². The lowest BCUT2D eigenvalue weighted by Gasteiger charge is -2.07. The lowest BCUT2D eigenvalue weighted by atomic mass is 10.1. The van der Waals surface area contributed by atoms with Crippen LogP contribution in [0.5, 0.6) is 0 Å². The van der Waals surface area contributed by atoms with E-state index in [1.807, 2.05) is 47.0 Å². The van der Waals surface area contributed by atoms with E-state index in [9.17, 15) is 9.59 Å². The van der Waals surface area contributed by atoms with Crippen LogP contribution >= 0.6 is 94.1 Å². The van der Waals surface area contributed by atoms with Crippen molar-refractivity contribution in [1.29, 1.82) is 0 Å². The van der Waals surface area contributed by atoms with E-state index in [0.717, 1.165) is 25.9 Å². The van der Waals surface area contributed by atoms with Gasteiger partial charge in [-0.05, 0) is 25.4 Å². The summed E-state index contributed by atoms with van der Waals surface area (Å²) in [6.07, 6.45) is 30.4. The number of rotatable bonds is 30. The Morgan fingerprint density at radius 3 is 1.06 bits per heavy atom. The first-order valence-corrected chi connectivity index (χ1v) is 26.0. The molecular formula is C36H62N2O2S8. The minimum Gasteiger partial charge on any atom is -0.355 e. The van der Waals surface area contributed by atoms with Crippen molar-refractivity contribution in [2.75, 3.05) is 37.1 Å². The SMILES string of the molecule is CCCCCCCCCCCCNC(=O)CSC1=C(SC)S/C(=C2\SC(SC)=C(SCC(=O)NCCCCCCCCCCCC)S2)S1. The van der Waals surface area contributed by atoms with Crippen molar-refractivity contribution in [3.8, 4) is 0 Å². The van der Waals surface area contributed by atoms with Crippen molar-refractivity contribution in [3.05, 3.63) is 25.4 Å². The van der Waals surface area contributed by atoms with Gasteiger partial charge in [0.2, 0.25) is 11.8 Å². The van der Waals surface area contributed by atoms with Gasteiger partial charge in [-0.25, -0.2) is 0 Å². The minimum absolute atomic E-state index is 0.136. The molecule has 0 aromatic heterocycles. The van der Waals surface area contributed by atoms with Crippen LogP contribution in [0.2, 0.25) is 0 Å². The van der Waals surface area contributed by atoms with E-state index in [1.54, 1.807) is 47.0 Å². The predicted octanol–water partition coefficient (Wildman–Crippen LogP) is 13.6. The second-order valence-corrected chi connectivity index (χ2v) is 21.4. The maximum atomic E-state index is 12.6. The zero-order chi connectivity index (χ0) is 34.7. The van der Waals surface area contributed by atoms with Crippen molar-refractivity contribution in [1.82, 2.24) is 10.6 Å². The largest absolute Gasteiger partial charge is 0.355 e. The molecule has 0 saturated carbocycles. The van der Waals surface area contributed by atoms with Crippen LogP contribution in [0.25, 0.3) is 0 Å². The van der Waals surface area contributed by atoms with Gasteiger partial charge in [-0.15, -0.1) is 47.0 Å². The fourth-order valence-electron chi connectivity index (χ4n) is 5.18. The van der Waals surface area contributed by atoms with Crippen LogP contribution in [0.15, 0.2) is 25.4 Å². The summed E-state index contributed by atoms with van der Waals surface area (Å²) in [5.74, 6) is 1.21. The van der Waals surface area contributed by atoms with E-state index in [4.69, 9.17) is 0 Å². The maximum Gasteiger partial charge on any atom is 0.230 e. The molecule has 0 unspecified atom stereocenters. The molecule has 2 heterocycles. The van der Waals surface area contributed by atoms with Crippen LogP contribution in [0.3, 0.4) is 0 Å². The number of unbranched alkanes of at least 4 members (excludes halogenated alkanes) is 18. The van der Waals surface area contributed by atoms with Crippen LogP contribution in [-0.2, 0) is 9.59 Å². The molecule has 0 aromatic rings. The number of carbonyl (C=O) groups excluding carboxylic acids is 2. The summed E-state index contributed by atoms with van der Waals surface area (Å²) in [6.45, 7) is 6.11. The quantitative estimate of drug-likeness (QED) is 0.0686. The van der Waals surface area contributed by atoms with Gasteiger partial charge in [0.05, 0.1) is 36.9 Å². The number of hydrogen-bond donors (Lipinski definition) is 2. The Bertz CT molecular complexity index is 940. The van der Waals surface area contributed by atoms with Gasteiger partial charge in [-0.2, -0.15) is 0 Å². The molecule has 0 radical (unpaired) electrons. The fourth-order valence-corrected chi connectivity index (χ4v) is 16.0. The zero-order valence-corrected chi connectivity index (χ0v) is 36.6. The number of amides is 2. The Morgan fingerprint density at radius 2 is 0.750 bits per heavy atom. The van der Waals surface area contributed by atoms with E-state index in [0.29, 0.717) is 11.5 Å². The third kappa shape index (κ3) is 20.9. The molecule has 2 amide bonds. The highest BCUT2D eigenvalue weighted by atomic mass is 32.3. The first-order valence-electron chi connectivity index (χ1n) is 18.3. The molecule has 0 atom stereocenters. The number of thioether (sulfide) groups is 8. The topological polar surface area (TPSA) is 58.2 Å². The van der Waals surface area contributed by atoms with Gasteiger partial charge >= 0.3 is 0 Å². The van der Waals surface area contributed by atoms with Crippen LogP contribution in [-0.4, -0.2) is 48.9 Å². The Labute approximate surface area is 328 Å². The monoisotopic (exact) mass is 810 g/mol. The molecule has 4 nitrogen and oxygen atoms in total. The summed E-state index contributed by atoms with van der Waals surface area (Å²) in [5.41, 5.74) is 0. The van der Waals surface area contributed by atoms with Gasteiger partial charge in [0.15, 0.2) is 0 Å². The van der Waals surface area contributed by atoms with E-state index < -0.39 is 0 Å².